The fourth-order valence-corrected chi connectivity index (χ4v) is 1.83. The molecule has 0 aliphatic rings. The Morgan fingerprint density at radius 3 is 2.57 bits per heavy atom. The van der Waals surface area contributed by atoms with E-state index in [0.717, 1.165) is 5.56 Å². The number of benzene rings is 1. The number of rotatable bonds is 4. The monoisotopic (exact) mass is 287 g/mol. The summed E-state index contributed by atoms with van der Waals surface area (Å²) in [5, 5.41) is 5.42. The summed E-state index contributed by atoms with van der Waals surface area (Å²) in [6, 6.07) is 8.52. The molecule has 2 rings (SSSR count). The number of hydrogen-bond acceptors (Lipinski definition) is 4. The zero-order valence-corrected chi connectivity index (χ0v) is 11.9. The molecule has 0 unspecified atom stereocenters. The van der Waals surface area contributed by atoms with E-state index >= 15 is 0 Å². The van der Waals surface area contributed by atoms with Crippen LogP contribution in [0.25, 0.3) is 0 Å². The van der Waals surface area contributed by atoms with Gasteiger partial charge in [0.2, 0.25) is 5.91 Å². The average molecular weight is 287 g/mol. The minimum Gasteiger partial charge on any atom is -0.455 e. The standard InChI is InChI=1S/C15H17N3O3/c1-9-3-4-11(17-10(2)19)7-13(9)18-15(20)14-6-5-12(8-16)21-14/h3-7H,8,16H2,1-2H3,(H,17,19)(H,18,20). The van der Waals surface area contributed by atoms with Crippen molar-refractivity contribution in [2.24, 2.45) is 5.73 Å². The third kappa shape index (κ3) is 3.70. The molecule has 4 N–H and O–H groups in total. The molecule has 2 amide bonds. The first-order valence-electron chi connectivity index (χ1n) is 6.48. The second-order valence-corrected chi connectivity index (χ2v) is 4.64. The molecule has 110 valence electrons. The summed E-state index contributed by atoms with van der Waals surface area (Å²) >= 11 is 0. The first kappa shape index (κ1) is 14.8. The molecule has 0 bridgehead atoms. The molecule has 0 radical (unpaired) electrons. The molecule has 0 atom stereocenters. The SMILES string of the molecule is CC(=O)Nc1ccc(C)c(NC(=O)c2ccc(CN)o2)c1. The van der Waals surface area contributed by atoms with E-state index in [-0.39, 0.29) is 24.1 Å². The highest BCUT2D eigenvalue weighted by molar-refractivity contribution is 6.03. The van der Waals surface area contributed by atoms with Gasteiger partial charge in [0, 0.05) is 18.3 Å². The lowest BCUT2D eigenvalue weighted by Crippen LogP contribution is -2.13. The molecule has 0 spiro atoms. The van der Waals surface area contributed by atoms with Gasteiger partial charge in [-0.3, -0.25) is 9.59 Å². The zero-order chi connectivity index (χ0) is 15.4. The van der Waals surface area contributed by atoms with E-state index in [1.807, 2.05) is 13.0 Å². The summed E-state index contributed by atoms with van der Waals surface area (Å²) in [5.41, 5.74) is 7.54. The van der Waals surface area contributed by atoms with Crippen LogP contribution in [0.1, 0.15) is 28.8 Å². The van der Waals surface area contributed by atoms with Gasteiger partial charge in [0.1, 0.15) is 5.76 Å². The Kier molecular flexibility index (Phi) is 4.39. The summed E-state index contributed by atoms with van der Waals surface area (Å²) in [6.45, 7) is 3.53. The Balaban J connectivity index is 2.17. The van der Waals surface area contributed by atoms with Crippen molar-refractivity contribution in [1.82, 2.24) is 0 Å². The molecule has 6 heteroatoms. The van der Waals surface area contributed by atoms with Crippen LogP contribution in [0.3, 0.4) is 0 Å². The largest absolute Gasteiger partial charge is 0.455 e. The maximum Gasteiger partial charge on any atom is 0.291 e. The fourth-order valence-electron chi connectivity index (χ4n) is 1.83. The Morgan fingerprint density at radius 1 is 1.19 bits per heavy atom. The van der Waals surface area contributed by atoms with E-state index < -0.39 is 0 Å². The van der Waals surface area contributed by atoms with Crippen LogP contribution in [0.15, 0.2) is 34.7 Å². The molecule has 1 heterocycles. The smallest absolute Gasteiger partial charge is 0.291 e. The maximum atomic E-state index is 12.1. The van der Waals surface area contributed by atoms with Gasteiger partial charge in [-0.15, -0.1) is 0 Å². The van der Waals surface area contributed by atoms with Crippen molar-refractivity contribution >= 4 is 23.2 Å². The van der Waals surface area contributed by atoms with Crippen LogP contribution in [-0.2, 0) is 11.3 Å². The molecule has 0 aliphatic carbocycles. The summed E-state index contributed by atoms with van der Waals surface area (Å²) in [6.07, 6.45) is 0. The summed E-state index contributed by atoms with van der Waals surface area (Å²) in [5.74, 6) is 0.205. The van der Waals surface area contributed by atoms with E-state index in [0.29, 0.717) is 17.1 Å². The molecule has 0 saturated carbocycles. The Labute approximate surface area is 122 Å². The number of aryl methyl sites for hydroxylation is 1. The molecule has 6 nitrogen and oxygen atoms in total. The number of furan rings is 1. The van der Waals surface area contributed by atoms with E-state index in [2.05, 4.69) is 10.6 Å². The van der Waals surface area contributed by atoms with Crippen LogP contribution < -0.4 is 16.4 Å². The predicted molar refractivity (Wildman–Crippen MR) is 80.0 cm³/mol. The van der Waals surface area contributed by atoms with Gasteiger partial charge in [-0.2, -0.15) is 0 Å². The van der Waals surface area contributed by atoms with Crippen molar-refractivity contribution in [3.05, 3.63) is 47.4 Å². The number of carbonyl (C=O) groups excluding carboxylic acids is 2. The molecular formula is C15H17N3O3. The fraction of sp³-hybridized carbons (Fsp3) is 0.200. The van der Waals surface area contributed by atoms with E-state index in [1.165, 1.54) is 6.92 Å². The van der Waals surface area contributed by atoms with Gasteiger partial charge in [0.05, 0.1) is 6.54 Å². The number of nitrogens with two attached hydrogens (primary N) is 1. The van der Waals surface area contributed by atoms with Gasteiger partial charge in [0.25, 0.3) is 5.91 Å². The highest BCUT2D eigenvalue weighted by atomic mass is 16.4. The molecule has 0 saturated heterocycles. The minimum atomic E-state index is -0.363. The highest BCUT2D eigenvalue weighted by Gasteiger charge is 2.12. The summed E-state index contributed by atoms with van der Waals surface area (Å²) < 4.78 is 5.29. The average Bonchev–Trinajstić information content (AvgIpc) is 2.91. The van der Waals surface area contributed by atoms with Crippen LogP contribution in [0.2, 0.25) is 0 Å². The van der Waals surface area contributed by atoms with Gasteiger partial charge >= 0.3 is 0 Å². The Morgan fingerprint density at radius 2 is 1.95 bits per heavy atom. The number of anilines is 2. The van der Waals surface area contributed by atoms with Gasteiger partial charge in [-0.05, 0) is 36.8 Å². The van der Waals surface area contributed by atoms with Crippen LogP contribution >= 0.6 is 0 Å². The lowest BCUT2D eigenvalue weighted by molar-refractivity contribution is -0.114. The second-order valence-electron chi connectivity index (χ2n) is 4.64. The molecule has 1 aromatic carbocycles. The van der Waals surface area contributed by atoms with Gasteiger partial charge < -0.3 is 20.8 Å². The number of hydrogen-bond donors (Lipinski definition) is 3. The predicted octanol–water partition coefficient (Wildman–Crippen LogP) is 2.26. The van der Waals surface area contributed by atoms with Crippen molar-refractivity contribution in [3.8, 4) is 0 Å². The normalized spacial score (nSPS) is 10.2. The first-order chi connectivity index (χ1) is 9.99. The molecule has 0 aliphatic heterocycles. The van der Waals surface area contributed by atoms with Crippen molar-refractivity contribution in [3.63, 3.8) is 0 Å². The molecule has 21 heavy (non-hydrogen) atoms. The zero-order valence-electron chi connectivity index (χ0n) is 11.9. The van der Waals surface area contributed by atoms with Gasteiger partial charge in [0.15, 0.2) is 5.76 Å². The molecule has 1 aromatic heterocycles. The summed E-state index contributed by atoms with van der Waals surface area (Å²) in [7, 11) is 0. The van der Waals surface area contributed by atoms with E-state index in [9.17, 15) is 9.59 Å². The first-order valence-corrected chi connectivity index (χ1v) is 6.48. The molecule has 2 aromatic rings. The Bertz CT molecular complexity index is 677. The van der Waals surface area contributed by atoms with Crippen molar-refractivity contribution in [2.45, 2.75) is 20.4 Å². The van der Waals surface area contributed by atoms with Crippen LogP contribution in [0.5, 0.6) is 0 Å². The third-order valence-electron chi connectivity index (χ3n) is 2.89. The Hall–Kier alpha value is -2.60. The quantitative estimate of drug-likeness (QED) is 0.803. The van der Waals surface area contributed by atoms with Crippen molar-refractivity contribution in [2.75, 3.05) is 10.6 Å². The van der Waals surface area contributed by atoms with Gasteiger partial charge in [-0.25, -0.2) is 0 Å². The topological polar surface area (TPSA) is 97.4 Å². The maximum absolute atomic E-state index is 12.1. The molecular weight excluding hydrogens is 270 g/mol. The number of carbonyl (C=O) groups is 2. The minimum absolute atomic E-state index is 0.172. The van der Waals surface area contributed by atoms with Crippen molar-refractivity contribution < 1.29 is 14.0 Å². The van der Waals surface area contributed by atoms with Gasteiger partial charge in [-0.1, -0.05) is 6.07 Å². The van der Waals surface area contributed by atoms with Crippen molar-refractivity contribution in [1.29, 1.82) is 0 Å². The highest BCUT2D eigenvalue weighted by Crippen LogP contribution is 2.21. The lowest BCUT2D eigenvalue weighted by atomic mass is 10.1. The third-order valence-corrected chi connectivity index (χ3v) is 2.89. The summed E-state index contributed by atoms with van der Waals surface area (Å²) in [4.78, 5) is 23.2. The number of nitrogens with one attached hydrogen (secondary N) is 2. The lowest BCUT2D eigenvalue weighted by Gasteiger charge is -2.10. The van der Waals surface area contributed by atoms with Crippen LogP contribution in [-0.4, -0.2) is 11.8 Å². The number of amides is 2. The molecule has 0 fully saturated rings. The van der Waals surface area contributed by atoms with Crippen LogP contribution in [0.4, 0.5) is 11.4 Å². The van der Waals surface area contributed by atoms with E-state index in [1.54, 1.807) is 24.3 Å². The second kappa shape index (κ2) is 6.23. The van der Waals surface area contributed by atoms with E-state index in [4.69, 9.17) is 10.2 Å². The van der Waals surface area contributed by atoms with Crippen LogP contribution in [0, 0.1) is 6.92 Å².